The lowest BCUT2D eigenvalue weighted by Crippen LogP contribution is -2.25. The normalized spacial score (nSPS) is 10.6. The first kappa shape index (κ1) is 25.9. The third kappa shape index (κ3) is 6.44. The summed E-state index contributed by atoms with van der Waals surface area (Å²) in [5.74, 6) is -4.27. The number of hydrogen-bond acceptors (Lipinski definition) is 6. The lowest BCUT2D eigenvalue weighted by atomic mass is 10.2. The molecule has 2 rings (SSSR count). The summed E-state index contributed by atoms with van der Waals surface area (Å²) in [6, 6.07) is 4.45. The van der Waals surface area contributed by atoms with Crippen LogP contribution in [0.15, 0.2) is 24.3 Å². The van der Waals surface area contributed by atoms with Crippen LogP contribution in [0.3, 0.4) is 0 Å². The average Bonchev–Trinajstić information content (AvgIpc) is 2.65. The first-order valence-electron chi connectivity index (χ1n) is 8.52. The van der Waals surface area contributed by atoms with Gasteiger partial charge in [-0.3, -0.25) is 10.1 Å². The maximum Gasteiger partial charge on any atom is 0.337 e. The molecule has 0 amide bonds. The van der Waals surface area contributed by atoms with E-state index in [1.54, 1.807) is 13.8 Å². The summed E-state index contributed by atoms with van der Waals surface area (Å²) >= 11 is 1.86. The van der Waals surface area contributed by atoms with Crippen LogP contribution in [-0.2, 0) is 9.47 Å². The zero-order valence-corrected chi connectivity index (χ0v) is 17.7. The topological polar surface area (TPSA) is 82.9 Å². The number of benzene rings is 2. The lowest BCUT2D eigenvalue weighted by Gasteiger charge is -2.18. The summed E-state index contributed by atoms with van der Waals surface area (Å²) in [5.41, 5.74) is -1.99. The third-order valence-electron chi connectivity index (χ3n) is 3.61. The highest BCUT2D eigenvalue weighted by molar-refractivity contribution is 14.1. The molecule has 2 aromatic carbocycles. The number of anilines is 2. The first-order chi connectivity index (χ1) is 13.8. The van der Waals surface area contributed by atoms with Gasteiger partial charge in [0.05, 0.1) is 10.6 Å². The summed E-state index contributed by atoms with van der Waals surface area (Å²) in [4.78, 5) is 10.6. The molecule has 0 spiro atoms. The Hall–Kier alpha value is -2.12. The summed E-state index contributed by atoms with van der Waals surface area (Å²) in [6.07, 6.45) is -0.859. The van der Waals surface area contributed by atoms with Gasteiger partial charge >= 0.3 is 5.69 Å². The monoisotopic (exact) mass is 542 g/mol. The van der Waals surface area contributed by atoms with Gasteiger partial charge in [0.25, 0.3) is 0 Å². The Morgan fingerprint density at radius 2 is 1.77 bits per heavy atom. The van der Waals surface area contributed by atoms with E-state index >= 15 is 0 Å². The van der Waals surface area contributed by atoms with E-state index in [1.165, 1.54) is 12.1 Å². The molecular formula is C19H22F3IN2O5. The molecule has 0 atom stereocenters. The Morgan fingerprint density at radius 3 is 2.30 bits per heavy atom. The Bertz CT molecular complexity index is 880. The van der Waals surface area contributed by atoms with Gasteiger partial charge in [0, 0.05) is 22.9 Å². The molecule has 11 heteroatoms. The van der Waals surface area contributed by atoms with Crippen molar-refractivity contribution in [3.05, 3.63) is 55.4 Å². The molecule has 0 fully saturated rings. The Balaban J connectivity index is 0.00000450. The fourth-order valence-corrected chi connectivity index (χ4v) is 2.85. The van der Waals surface area contributed by atoms with Crippen LogP contribution in [0.25, 0.3) is 0 Å². The van der Waals surface area contributed by atoms with Crippen LogP contribution in [0, 0.1) is 31.1 Å². The van der Waals surface area contributed by atoms with Gasteiger partial charge in [0.15, 0.2) is 23.6 Å². The van der Waals surface area contributed by atoms with Crippen molar-refractivity contribution in [2.75, 3.05) is 25.1 Å². The first-order valence-corrected chi connectivity index (χ1v) is 9.60. The number of nitrogens with one attached hydrogen (secondary N) is 1. The zero-order chi connectivity index (χ0) is 21.6. The van der Waals surface area contributed by atoms with Gasteiger partial charge in [-0.1, -0.05) is 7.43 Å². The largest absolute Gasteiger partial charge is 0.481 e. The highest BCUT2D eigenvalue weighted by atomic mass is 127. The predicted molar refractivity (Wildman–Crippen MR) is 115 cm³/mol. The van der Waals surface area contributed by atoms with E-state index in [1.807, 2.05) is 22.6 Å². The molecular weight excluding hydrogens is 520 g/mol. The summed E-state index contributed by atoms with van der Waals surface area (Å²) in [6.45, 7) is 3.69. The van der Waals surface area contributed by atoms with Crippen molar-refractivity contribution in [2.24, 2.45) is 0 Å². The predicted octanol–water partition coefficient (Wildman–Crippen LogP) is 5.77. The summed E-state index contributed by atoms with van der Waals surface area (Å²) in [5, 5.41) is 13.8. The van der Waals surface area contributed by atoms with Crippen LogP contribution in [-0.4, -0.2) is 31.0 Å². The molecule has 0 aliphatic rings. The average molecular weight is 542 g/mol. The molecule has 0 radical (unpaired) electrons. The number of ether oxygens (including phenoxy) is 3. The second-order valence-corrected chi connectivity index (χ2v) is 6.80. The second-order valence-electron chi connectivity index (χ2n) is 5.55. The van der Waals surface area contributed by atoms with Gasteiger partial charge in [-0.25, -0.2) is 13.2 Å². The smallest absolute Gasteiger partial charge is 0.337 e. The number of nitro benzene ring substituents is 1. The third-order valence-corrected chi connectivity index (χ3v) is 4.28. The minimum atomic E-state index is -1.53. The molecule has 30 heavy (non-hydrogen) atoms. The van der Waals surface area contributed by atoms with Crippen molar-refractivity contribution >= 4 is 39.7 Å². The standard InChI is InChI=1S/C18H18F3IN2O5.CH4/c1-3-27-15(28-4-2)9-29-14-8-12(20)16(21)17(18(14)24(25)26)23-13-6-5-10(22)7-11(13)19;/h5-8,15,23H,3-4,9H2,1-2H3;1H4. The van der Waals surface area contributed by atoms with Gasteiger partial charge in [-0.05, 0) is 54.6 Å². The summed E-state index contributed by atoms with van der Waals surface area (Å²) < 4.78 is 58.9. The quantitative estimate of drug-likeness (QED) is 0.178. The van der Waals surface area contributed by atoms with Crippen molar-refractivity contribution < 1.29 is 32.3 Å². The fourth-order valence-electron chi connectivity index (χ4n) is 2.40. The molecule has 0 bridgehead atoms. The van der Waals surface area contributed by atoms with Gasteiger partial charge < -0.3 is 19.5 Å². The van der Waals surface area contributed by atoms with Gasteiger partial charge in [0.2, 0.25) is 5.75 Å². The van der Waals surface area contributed by atoms with Crippen molar-refractivity contribution in [3.8, 4) is 5.75 Å². The van der Waals surface area contributed by atoms with Crippen molar-refractivity contribution in [3.63, 3.8) is 0 Å². The van der Waals surface area contributed by atoms with E-state index < -0.39 is 45.8 Å². The highest BCUT2D eigenvalue weighted by Gasteiger charge is 2.30. The van der Waals surface area contributed by atoms with Crippen LogP contribution in [0.5, 0.6) is 5.75 Å². The minimum absolute atomic E-state index is 0. The molecule has 0 heterocycles. The van der Waals surface area contributed by atoms with Crippen LogP contribution in [0.4, 0.5) is 30.2 Å². The molecule has 166 valence electrons. The zero-order valence-electron chi connectivity index (χ0n) is 15.5. The SMILES string of the molecule is C.CCOC(COc1cc(F)c(F)c(Nc2ccc(I)cc2F)c1[N+](=O)[O-])OCC. The number of hydrogen-bond donors (Lipinski definition) is 1. The van der Waals surface area contributed by atoms with Crippen LogP contribution in [0.2, 0.25) is 0 Å². The number of rotatable bonds is 10. The molecule has 0 aliphatic heterocycles. The van der Waals surface area contributed by atoms with Gasteiger partial charge in [-0.15, -0.1) is 0 Å². The van der Waals surface area contributed by atoms with Gasteiger partial charge in [0.1, 0.15) is 12.4 Å². The van der Waals surface area contributed by atoms with Crippen molar-refractivity contribution in [2.45, 2.75) is 27.6 Å². The minimum Gasteiger partial charge on any atom is -0.481 e. The Kier molecular flexibility index (Phi) is 10.3. The van der Waals surface area contributed by atoms with Crippen LogP contribution >= 0.6 is 22.6 Å². The molecule has 0 aromatic heterocycles. The van der Waals surface area contributed by atoms with Crippen LogP contribution in [0.1, 0.15) is 21.3 Å². The van der Waals surface area contributed by atoms with Crippen molar-refractivity contribution in [1.29, 1.82) is 0 Å². The van der Waals surface area contributed by atoms with Crippen LogP contribution < -0.4 is 10.1 Å². The highest BCUT2D eigenvalue weighted by Crippen LogP contribution is 2.40. The molecule has 0 saturated heterocycles. The molecule has 0 unspecified atom stereocenters. The maximum atomic E-state index is 14.4. The molecule has 2 aromatic rings. The summed E-state index contributed by atoms with van der Waals surface area (Å²) in [7, 11) is 0. The number of nitrogens with zero attached hydrogens (tertiary/aromatic N) is 1. The van der Waals surface area contributed by atoms with E-state index in [9.17, 15) is 23.3 Å². The lowest BCUT2D eigenvalue weighted by molar-refractivity contribution is -0.385. The Labute approximate surface area is 185 Å². The van der Waals surface area contributed by atoms with E-state index in [2.05, 4.69) is 5.32 Å². The van der Waals surface area contributed by atoms with Gasteiger partial charge in [-0.2, -0.15) is 0 Å². The van der Waals surface area contributed by atoms with E-state index in [0.29, 0.717) is 9.64 Å². The molecule has 0 saturated carbocycles. The number of halogens is 4. The second kappa shape index (κ2) is 11.9. The molecule has 1 N–H and O–H groups in total. The fraction of sp³-hybridized carbons (Fsp3) is 0.368. The Morgan fingerprint density at radius 1 is 1.13 bits per heavy atom. The van der Waals surface area contributed by atoms with Crippen molar-refractivity contribution in [1.82, 2.24) is 0 Å². The number of nitro groups is 1. The molecule has 0 aliphatic carbocycles. The van der Waals surface area contributed by atoms with E-state index in [4.69, 9.17) is 14.2 Å². The van der Waals surface area contributed by atoms with E-state index in [-0.39, 0.29) is 32.9 Å². The molecule has 7 nitrogen and oxygen atoms in total. The maximum absolute atomic E-state index is 14.4. The van der Waals surface area contributed by atoms with E-state index in [0.717, 1.165) is 6.07 Å².